The van der Waals surface area contributed by atoms with Gasteiger partial charge in [-0.3, -0.25) is 4.79 Å². The van der Waals surface area contributed by atoms with Crippen molar-refractivity contribution < 1.29 is 17.4 Å². The lowest BCUT2D eigenvalue weighted by molar-refractivity contribution is 0.103. The molecule has 0 saturated carbocycles. The Balaban J connectivity index is 1.57. The first-order chi connectivity index (χ1) is 13.5. The SMILES string of the molecule is O=C(c1ccccc1)c1ccc(OS(=O)(=O)c2ccc3ccccc3c2)cc1. The Kier molecular flexibility index (Phi) is 4.67. The maximum absolute atomic E-state index is 12.6. The van der Waals surface area contributed by atoms with E-state index in [0.29, 0.717) is 11.1 Å². The molecule has 4 aromatic carbocycles. The van der Waals surface area contributed by atoms with E-state index in [4.69, 9.17) is 4.18 Å². The van der Waals surface area contributed by atoms with Crippen molar-refractivity contribution in [2.75, 3.05) is 0 Å². The molecule has 0 aliphatic carbocycles. The van der Waals surface area contributed by atoms with E-state index in [-0.39, 0.29) is 16.4 Å². The van der Waals surface area contributed by atoms with Gasteiger partial charge in [-0.15, -0.1) is 0 Å². The number of fused-ring (bicyclic) bond motifs is 1. The van der Waals surface area contributed by atoms with Crippen molar-refractivity contribution in [1.29, 1.82) is 0 Å². The fourth-order valence-corrected chi connectivity index (χ4v) is 3.88. The lowest BCUT2D eigenvalue weighted by Gasteiger charge is -2.09. The van der Waals surface area contributed by atoms with Gasteiger partial charge in [-0.25, -0.2) is 0 Å². The van der Waals surface area contributed by atoms with Crippen molar-refractivity contribution >= 4 is 26.7 Å². The molecular formula is C23H16O4S. The van der Waals surface area contributed by atoms with Crippen LogP contribution < -0.4 is 4.18 Å². The number of hydrogen-bond donors (Lipinski definition) is 0. The number of ketones is 1. The fraction of sp³-hybridized carbons (Fsp3) is 0. The highest BCUT2D eigenvalue weighted by Gasteiger charge is 2.17. The van der Waals surface area contributed by atoms with Crippen LogP contribution in [0.5, 0.6) is 5.75 Å². The van der Waals surface area contributed by atoms with E-state index < -0.39 is 10.1 Å². The van der Waals surface area contributed by atoms with Gasteiger partial charge >= 0.3 is 10.1 Å². The quantitative estimate of drug-likeness (QED) is 0.363. The molecule has 0 bridgehead atoms. The molecule has 0 N–H and O–H groups in total. The fourth-order valence-electron chi connectivity index (χ4n) is 2.92. The van der Waals surface area contributed by atoms with Crippen LogP contribution in [0.1, 0.15) is 15.9 Å². The van der Waals surface area contributed by atoms with Gasteiger partial charge in [0.1, 0.15) is 10.6 Å². The van der Waals surface area contributed by atoms with E-state index in [1.807, 2.05) is 30.3 Å². The van der Waals surface area contributed by atoms with E-state index in [9.17, 15) is 13.2 Å². The minimum absolute atomic E-state index is 0.0793. The van der Waals surface area contributed by atoms with Gasteiger partial charge in [0.25, 0.3) is 0 Å². The topological polar surface area (TPSA) is 60.4 Å². The Hall–Kier alpha value is -3.44. The van der Waals surface area contributed by atoms with Crippen LogP contribution in [0.2, 0.25) is 0 Å². The standard InChI is InChI=1S/C23H16O4S/c24-23(18-7-2-1-3-8-18)19-10-13-21(14-11-19)27-28(25,26)22-15-12-17-6-4-5-9-20(17)16-22/h1-16H. The Morgan fingerprint density at radius 2 is 1.25 bits per heavy atom. The number of hydrogen-bond acceptors (Lipinski definition) is 4. The van der Waals surface area contributed by atoms with Gasteiger partial charge in [0, 0.05) is 11.1 Å². The summed E-state index contributed by atoms with van der Waals surface area (Å²) in [4.78, 5) is 12.5. The van der Waals surface area contributed by atoms with Crippen LogP contribution in [0.15, 0.2) is 102 Å². The average molecular weight is 388 g/mol. The first kappa shape index (κ1) is 17.9. The first-order valence-electron chi connectivity index (χ1n) is 8.66. The van der Waals surface area contributed by atoms with E-state index in [1.165, 1.54) is 18.2 Å². The number of carbonyl (C=O) groups is 1. The molecule has 0 amide bonds. The molecular weight excluding hydrogens is 372 g/mol. The lowest BCUT2D eigenvalue weighted by Crippen LogP contribution is -2.10. The summed E-state index contributed by atoms with van der Waals surface area (Å²) in [5.41, 5.74) is 1.03. The summed E-state index contributed by atoms with van der Waals surface area (Å²) in [5, 5.41) is 1.77. The zero-order valence-corrected chi connectivity index (χ0v) is 15.6. The number of carbonyl (C=O) groups excluding carboxylic acids is 1. The van der Waals surface area contributed by atoms with Crippen molar-refractivity contribution in [3.8, 4) is 5.75 Å². The van der Waals surface area contributed by atoms with Crippen LogP contribution in [-0.2, 0) is 10.1 Å². The minimum atomic E-state index is -3.97. The maximum Gasteiger partial charge on any atom is 0.339 e. The summed E-state index contributed by atoms with van der Waals surface area (Å²) < 4.78 is 30.4. The third-order valence-corrected chi connectivity index (χ3v) is 5.61. The van der Waals surface area contributed by atoms with E-state index in [0.717, 1.165) is 10.8 Å². The highest BCUT2D eigenvalue weighted by atomic mass is 32.2. The molecule has 28 heavy (non-hydrogen) atoms. The first-order valence-corrected chi connectivity index (χ1v) is 10.1. The summed E-state index contributed by atoms with van der Waals surface area (Å²) >= 11 is 0. The van der Waals surface area contributed by atoms with E-state index in [2.05, 4.69) is 0 Å². The monoisotopic (exact) mass is 388 g/mol. The van der Waals surface area contributed by atoms with E-state index >= 15 is 0 Å². The van der Waals surface area contributed by atoms with Gasteiger partial charge in [-0.2, -0.15) is 8.42 Å². The number of benzene rings is 4. The van der Waals surface area contributed by atoms with E-state index in [1.54, 1.807) is 48.5 Å². The molecule has 0 heterocycles. The zero-order chi connectivity index (χ0) is 19.6. The molecule has 0 unspecified atom stereocenters. The zero-order valence-electron chi connectivity index (χ0n) is 14.8. The minimum Gasteiger partial charge on any atom is -0.379 e. The Labute approximate surface area is 163 Å². The highest BCUT2D eigenvalue weighted by molar-refractivity contribution is 7.87. The molecule has 0 spiro atoms. The predicted octanol–water partition coefficient (Wildman–Crippen LogP) is 4.84. The van der Waals surface area contributed by atoms with Crippen molar-refractivity contribution in [3.63, 3.8) is 0 Å². The number of rotatable bonds is 5. The lowest BCUT2D eigenvalue weighted by atomic mass is 10.0. The third kappa shape index (κ3) is 3.66. The molecule has 0 aliphatic heterocycles. The van der Waals surface area contributed by atoms with Crippen LogP contribution in [0.4, 0.5) is 0 Å². The largest absolute Gasteiger partial charge is 0.379 e. The predicted molar refractivity (Wildman–Crippen MR) is 108 cm³/mol. The molecule has 4 aromatic rings. The Bertz CT molecular complexity index is 1240. The Morgan fingerprint density at radius 1 is 0.643 bits per heavy atom. The van der Waals surface area contributed by atoms with Gasteiger partial charge in [0.15, 0.2) is 5.78 Å². The highest BCUT2D eigenvalue weighted by Crippen LogP contribution is 2.23. The van der Waals surface area contributed by atoms with Crippen molar-refractivity contribution in [2.45, 2.75) is 4.90 Å². The van der Waals surface area contributed by atoms with Crippen molar-refractivity contribution in [2.24, 2.45) is 0 Å². The second kappa shape index (κ2) is 7.29. The van der Waals surface area contributed by atoms with Crippen LogP contribution in [0, 0.1) is 0 Å². The van der Waals surface area contributed by atoms with Gasteiger partial charge in [-0.1, -0.05) is 60.7 Å². The molecule has 4 nitrogen and oxygen atoms in total. The van der Waals surface area contributed by atoms with Gasteiger partial charge in [0.2, 0.25) is 0 Å². The van der Waals surface area contributed by atoms with Gasteiger partial charge in [-0.05, 0) is 47.2 Å². The molecule has 0 saturated heterocycles. The van der Waals surface area contributed by atoms with Crippen LogP contribution in [0.3, 0.4) is 0 Å². The molecule has 0 fully saturated rings. The summed E-state index contributed by atoms with van der Waals surface area (Å²) in [5.74, 6) is 0.0160. The molecule has 0 aromatic heterocycles. The van der Waals surface area contributed by atoms with Gasteiger partial charge < -0.3 is 4.18 Å². The summed E-state index contributed by atoms with van der Waals surface area (Å²) in [6.45, 7) is 0. The molecule has 0 aliphatic rings. The smallest absolute Gasteiger partial charge is 0.339 e. The summed E-state index contributed by atoms with van der Waals surface area (Å²) in [6.07, 6.45) is 0. The van der Waals surface area contributed by atoms with Crippen LogP contribution in [0.25, 0.3) is 10.8 Å². The van der Waals surface area contributed by atoms with Crippen molar-refractivity contribution in [1.82, 2.24) is 0 Å². The average Bonchev–Trinajstić information content (AvgIpc) is 2.74. The molecule has 4 rings (SSSR count). The second-order valence-electron chi connectivity index (χ2n) is 6.27. The maximum atomic E-state index is 12.6. The van der Waals surface area contributed by atoms with Crippen LogP contribution >= 0.6 is 0 Å². The molecule has 0 radical (unpaired) electrons. The van der Waals surface area contributed by atoms with Crippen molar-refractivity contribution in [3.05, 3.63) is 108 Å². The third-order valence-electron chi connectivity index (χ3n) is 4.37. The van der Waals surface area contributed by atoms with Crippen LogP contribution in [-0.4, -0.2) is 14.2 Å². The second-order valence-corrected chi connectivity index (χ2v) is 7.81. The molecule has 138 valence electrons. The molecule has 0 atom stereocenters. The molecule has 5 heteroatoms. The Morgan fingerprint density at radius 3 is 1.96 bits per heavy atom. The summed E-state index contributed by atoms with van der Waals surface area (Å²) in [7, 11) is -3.97. The normalized spacial score (nSPS) is 11.3. The van der Waals surface area contributed by atoms with Gasteiger partial charge in [0.05, 0.1) is 0 Å². The summed E-state index contributed by atoms with van der Waals surface area (Å²) in [6, 6.07) is 27.3.